The van der Waals surface area contributed by atoms with E-state index in [2.05, 4.69) is 36.1 Å². The number of alkyl halides is 2. The van der Waals surface area contributed by atoms with E-state index in [1.54, 1.807) is 0 Å². The molecule has 0 aliphatic carbocycles. The van der Waals surface area contributed by atoms with Crippen LogP contribution in [0.5, 0.6) is 5.75 Å². The molecule has 0 spiro atoms. The van der Waals surface area contributed by atoms with E-state index in [-0.39, 0.29) is 22.8 Å². The molecule has 4 nitrogen and oxygen atoms in total. The van der Waals surface area contributed by atoms with Gasteiger partial charge in [-0.05, 0) is 42.8 Å². The van der Waals surface area contributed by atoms with Gasteiger partial charge in [-0.15, -0.1) is 0 Å². The summed E-state index contributed by atoms with van der Waals surface area (Å²) >= 11 is 5.20. The van der Waals surface area contributed by atoms with Gasteiger partial charge in [0.15, 0.2) is 11.4 Å². The van der Waals surface area contributed by atoms with Crippen LogP contribution in [-0.4, -0.2) is 24.1 Å². The van der Waals surface area contributed by atoms with Crippen LogP contribution in [0.3, 0.4) is 0 Å². The third kappa shape index (κ3) is 5.55. The van der Waals surface area contributed by atoms with E-state index in [1.807, 2.05) is 6.92 Å². The van der Waals surface area contributed by atoms with Gasteiger partial charge in [-0.3, -0.25) is 4.79 Å². The molecular formula is C15H20F2N2O2S. The van der Waals surface area contributed by atoms with Crippen molar-refractivity contribution in [3.63, 3.8) is 0 Å². The Hall–Kier alpha value is -1.76. The van der Waals surface area contributed by atoms with Crippen molar-refractivity contribution >= 4 is 29.3 Å². The first-order chi connectivity index (χ1) is 10.1. The van der Waals surface area contributed by atoms with Gasteiger partial charge in [-0.1, -0.05) is 20.8 Å². The predicted octanol–water partition coefficient (Wildman–Crippen LogP) is 3.82. The normalized spacial score (nSPS) is 12.7. The van der Waals surface area contributed by atoms with Crippen molar-refractivity contribution in [1.29, 1.82) is 0 Å². The van der Waals surface area contributed by atoms with E-state index < -0.39 is 6.61 Å². The number of hydrogen-bond acceptors (Lipinski definition) is 3. The number of carbonyl (C=O) groups excluding carboxylic acids is 1. The first-order valence-corrected chi connectivity index (χ1v) is 7.16. The maximum Gasteiger partial charge on any atom is 0.387 e. The van der Waals surface area contributed by atoms with E-state index >= 15 is 0 Å². The van der Waals surface area contributed by atoms with Crippen LogP contribution in [0.2, 0.25) is 0 Å². The number of benzene rings is 1. The zero-order valence-corrected chi connectivity index (χ0v) is 13.8. The summed E-state index contributed by atoms with van der Waals surface area (Å²) in [5.41, 5.74) is 0.620. The first-order valence-electron chi connectivity index (χ1n) is 6.75. The van der Waals surface area contributed by atoms with Crippen LogP contribution in [0, 0.1) is 5.41 Å². The molecule has 22 heavy (non-hydrogen) atoms. The summed E-state index contributed by atoms with van der Waals surface area (Å²) < 4.78 is 28.6. The molecule has 0 amide bonds. The van der Waals surface area contributed by atoms with Crippen LogP contribution in [0.1, 0.15) is 38.1 Å². The number of rotatable bonds is 5. The molecule has 2 N–H and O–H groups in total. The summed E-state index contributed by atoms with van der Waals surface area (Å²) in [5, 5.41) is 6.37. The molecule has 1 aromatic carbocycles. The highest BCUT2D eigenvalue weighted by molar-refractivity contribution is 7.80. The molecule has 0 heterocycles. The molecular weight excluding hydrogens is 310 g/mol. The standard InChI is InChI=1S/C15H20F2N2O2S/c1-9(15(2,3)4)18-14(22)19-12-6-5-11(21-13(16)17)7-10(12)8-20/h5-9,13H,1-4H3,(H2,18,19,22)/t9-/m1/s1. The van der Waals surface area contributed by atoms with Crippen LogP contribution < -0.4 is 15.4 Å². The Morgan fingerprint density at radius 3 is 2.50 bits per heavy atom. The number of aldehydes is 1. The predicted molar refractivity (Wildman–Crippen MR) is 86.7 cm³/mol. The lowest BCUT2D eigenvalue weighted by Crippen LogP contribution is -2.43. The average Bonchev–Trinajstić information content (AvgIpc) is 2.38. The molecule has 0 bridgehead atoms. The fourth-order valence-electron chi connectivity index (χ4n) is 1.50. The first kappa shape index (κ1) is 18.3. The Labute approximate surface area is 134 Å². The average molecular weight is 330 g/mol. The minimum Gasteiger partial charge on any atom is -0.435 e. The Morgan fingerprint density at radius 2 is 2.00 bits per heavy atom. The van der Waals surface area contributed by atoms with Crippen LogP contribution in [0.25, 0.3) is 0 Å². The lowest BCUT2D eigenvalue weighted by molar-refractivity contribution is -0.0498. The molecule has 1 aromatic rings. The van der Waals surface area contributed by atoms with E-state index in [0.29, 0.717) is 17.1 Å². The zero-order valence-electron chi connectivity index (χ0n) is 12.9. The quantitative estimate of drug-likeness (QED) is 0.635. The summed E-state index contributed by atoms with van der Waals surface area (Å²) in [4.78, 5) is 11.1. The molecule has 0 radical (unpaired) electrons. The smallest absolute Gasteiger partial charge is 0.387 e. The number of ether oxygens (including phenoxy) is 1. The van der Waals surface area contributed by atoms with Gasteiger partial charge in [0, 0.05) is 11.6 Å². The summed E-state index contributed by atoms with van der Waals surface area (Å²) in [6.07, 6.45) is 0.552. The van der Waals surface area contributed by atoms with Gasteiger partial charge in [0.05, 0.1) is 5.69 Å². The molecule has 0 aliphatic heterocycles. The number of hydrogen-bond donors (Lipinski definition) is 2. The van der Waals surface area contributed by atoms with Gasteiger partial charge in [0.25, 0.3) is 0 Å². The van der Waals surface area contributed by atoms with Gasteiger partial charge in [-0.2, -0.15) is 8.78 Å². The van der Waals surface area contributed by atoms with E-state index in [4.69, 9.17) is 12.2 Å². The summed E-state index contributed by atoms with van der Waals surface area (Å²) in [6.45, 7) is 5.27. The summed E-state index contributed by atoms with van der Waals surface area (Å²) in [6, 6.07) is 4.15. The largest absolute Gasteiger partial charge is 0.435 e. The van der Waals surface area contributed by atoms with Gasteiger partial charge in [0.2, 0.25) is 0 Å². The van der Waals surface area contributed by atoms with Gasteiger partial charge in [0.1, 0.15) is 5.75 Å². The highest BCUT2D eigenvalue weighted by atomic mass is 32.1. The number of halogens is 2. The molecule has 1 atom stereocenters. The van der Waals surface area contributed by atoms with Crippen LogP contribution in [-0.2, 0) is 0 Å². The third-order valence-electron chi connectivity index (χ3n) is 3.27. The van der Waals surface area contributed by atoms with Crippen LogP contribution >= 0.6 is 12.2 Å². The lowest BCUT2D eigenvalue weighted by Gasteiger charge is -2.29. The van der Waals surface area contributed by atoms with Crippen molar-refractivity contribution in [3.05, 3.63) is 23.8 Å². The van der Waals surface area contributed by atoms with E-state index in [1.165, 1.54) is 18.2 Å². The Morgan fingerprint density at radius 1 is 1.36 bits per heavy atom. The van der Waals surface area contributed by atoms with Crippen LogP contribution in [0.4, 0.5) is 14.5 Å². The third-order valence-corrected chi connectivity index (χ3v) is 3.49. The summed E-state index contributed by atoms with van der Waals surface area (Å²) in [5.74, 6) is -0.0791. The molecule has 0 saturated heterocycles. The van der Waals surface area contributed by atoms with Crippen molar-refractivity contribution < 1.29 is 18.3 Å². The van der Waals surface area contributed by atoms with Crippen molar-refractivity contribution in [2.24, 2.45) is 5.41 Å². The number of thiocarbonyl (C=S) groups is 1. The van der Waals surface area contributed by atoms with Gasteiger partial charge in [-0.25, -0.2) is 0 Å². The minimum atomic E-state index is -2.94. The molecule has 7 heteroatoms. The second-order valence-corrected chi connectivity index (χ2v) is 6.34. The van der Waals surface area contributed by atoms with Gasteiger partial charge >= 0.3 is 6.61 Å². The second kappa shape index (κ2) is 7.49. The minimum absolute atomic E-state index is 0.00813. The van der Waals surface area contributed by atoms with Crippen molar-refractivity contribution in [2.75, 3.05) is 5.32 Å². The van der Waals surface area contributed by atoms with Crippen LogP contribution in [0.15, 0.2) is 18.2 Å². The SMILES string of the molecule is C[C@@H](NC(=S)Nc1ccc(OC(F)F)cc1C=O)C(C)(C)C. The Kier molecular flexibility index (Phi) is 6.22. The molecule has 0 aliphatic rings. The topological polar surface area (TPSA) is 50.4 Å². The van der Waals surface area contributed by atoms with Crippen molar-refractivity contribution in [2.45, 2.75) is 40.3 Å². The second-order valence-electron chi connectivity index (χ2n) is 5.93. The number of anilines is 1. The molecule has 0 aromatic heterocycles. The van der Waals surface area contributed by atoms with Crippen molar-refractivity contribution in [1.82, 2.24) is 5.32 Å². The van der Waals surface area contributed by atoms with Crippen molar-refractivity contribution in [3.8, 4) is 5.75 Å². The molecule has 122 valence electrons. The molecule has 0 unspecified atom stereocenters. The van der Waals surface area contributed by atoms with E-state index in [9.17, 15) is 13.6 Å². The fourth-order valence-corrected chi connectivity index (χ4v) is 1.79. The fraction of sp³-hybridized carbons (Fsp3) is 0.467. The highest BCUT2D eigenvalue weighted by Crippen LogP contribution is 2.23. The molecule has 0 saturated carbocycles. The van der Waals surface area contributed by atoms with Gasteiger partial charge < -0.3 is 15.4 Å². The maximum atomic E-state index is 12.2. The number of nitrogens with one attached hydrogen (secondary N) is 2. The monoisotopic (exact) mass is 330 g/mol. The Bertz CT molecular complexity index is 545. The maximum absolute atomic E-state index is 12.2. The van der Waals surface area contributed by atoms with E-state index in [0.717, 1.165) is 0 Å². The molecule has 0 fully saturated rings. The Balaban J connectivity index is 2.80. The summed E-state index contributed by atoms with van der Waals surface area (Å²) in [7, 11) is 0. The molecule has 1 rings (SSSR count). The lowest BCUT2D eigenvalue weighted by atomic mass is 9.88. The highest BCUT2D eigenvalue weighted by Gasteiger charge is 2.20. The number of carbonyl (C=O) groups is 1. The zero-order chi connectivity index (χ0) is 16.9.